The molecule has 5 aromatic carbocycles. The van der Waals surface area contributed by atoms with Crippen LogP contribution in [-0.4, -0.2) is 9.38 Å². The quantitative estimate of drug-likeness (QED) is 0.182. The summed E-state index contributed by atoms with van der Waals surface area (Å²) in [6, 6.07) is 33.5. The van der Waals surface area contributed by atoms with Crippen molar-refractivity contribution in [3.63, 3.8) is 0 Å². The molecule has 0 aliphatic rings. The monoisotopic (exact) mass is 478 g/mol. The Bertz CT molecular complexity index is 1960. The molecule has 0 unspecified atom stereocenters. The first kappa shape index (κ1) is 22.1. The minimum atomic E-state index is 0.415. The highest BCUT2D eigenvalue weighted by Crippen LogP contribution is 2.41. The van der Waals surface area contributed by atoms with Crippen molar-refractivity contribution < 1.29 is 0 Å². The summed E-state index contributed by atoms with van der Waals surface area (Å²) >= 11 is 0. The Morgan fingerprint density at radius 3 is 1.95 bits per heavy atom. The Labute approximate surface area is 217 Å². The fraction of sp³-hybridized carbons (Fsp3) is 0.171. The van der Waals surface area contributed by atoms with Crippen molar-refractivity contribution >= 4 is 48.9 Å². The lowest BCUT2D eigenvalue weighted by atomic mass is 9.87. The van der Waals surface area contributed by atoms with E-state index in [1.165, 1.54) is 65.6 Å². The van der Waals surface area contributed by atoms with Gasteiger partial charge in [-0.05, 0) is 62.0 Å². The van der Waals surface area contributed by atoms with Crippen LogP contribution >= 0.6 is 0 Å². The van der Waals surface area contributed by atoms with E-state index in [2.05, 4.69) is 129 Å². The molecule has 0 N–H and O–H groups in total. The Balaban J connectivity index is 1.71. The van der Waals surface area contributed by atoms with E-state index in [1.54, 1.807) is 0 Å². The van der Waals surface area contributed by atoms with Crippen LogP contribution in [0.3, 0.4) is 0 Å². The third-order valence-corrected chi connectivity index (χ3v) is 7.95. The average molecular weight is 479 g/mol. The zero-order valence-corrected chi connectivity index (χ0v) is 21.8. The van der Waals surface area contributed by atoms with Crippen LogP contribution in [0.5, 0.6) is 0 Å². The summed E-state index contributed by atoms with van der Waals surface area (Å²) in [7, 11) is 0. The summed E-state index contributed by atoms with van der Waals surface area (Å²) in [6.07, 6.45) is 2.10. The van der Waals surface area contributed by atoms with Crippen LogP contribution in [0.2, 0.25) is 0 Å². The number of hydrogen-bond acceptors (Lipinski definition) is 1. The van der Waals surface area contributed by atoms with Crippen molar-refractivity contribution in [2.24, 2.45) is 0 Å². The van der Waals surface area contributed by atoms with Crippen molar-refractivity contribution in [3.8, 4) is 11.3 Å². The number of rotatable bonds is 3. The van der Waals surface area contributed by atoms with Gasteiger partial charge >= 0.3 is 0 Å². The maximum atomic E-state index is 5.07. The molecule has 0 spiro atoms. The van der Waals surface area contributed by atoms with Gasteiger partial charge in [0.2, 0.25) is 0 Å². The van der Waals surface area contributed by atoms with Crippen LogP contribution in [0.15, 0.2) is 97.2 Å². The third kappa shape index (κ3) is 3.22. The largest absolute Gasteiger partial charge is 0.292 e. The third-order valence-electron chi connectivity index (χ3n) is 7.95. The van der Waals surface area contributed by atoms with Crippen LogP contribution < -0.4 is 0 Å². The van der Waals surface area contributed by atoms with E-state index in [1.807, 2.05) is 0 Å². The second-order valence-corrected chi connectivity index (χ2v) is 10.8. The van der Waals surface area contributed by atoms with E-state index >= 15 is 0 Å². The Morgan fingerprint density at radius 1 is 0.568 bits per heavy atom. The van der Waals surface area contributed by atoms with Gasteiger partial charge < -0.3 is 0 Å². The Hall–Kier alpha value is -4.17. The molecule has 0 saturated carbocycles. The number of benzene rings is 5. The zero-order valence-electron chi connectivity index (χ0n) is 21.8. The molecule has 2 aromatic heterocycles. The van der Waals surface area contributed by atoms with E-state index < -0.39 is 0 Å². The molecule has 180 valence electrons. The highest BCUT2D eigenvalue weighted by Gasteiger charge is 2.21. The second kappa shape index (κ2) is 8.18. The maximum absolute atomic E-state index is 5.07. The van der Waals surface area contributed by atoms with Gasteiger partial charge in [0.25, 0.3) is 0 Å². The zero-order chi connectivity index (χ0) is 25.3. The molecule has 2 nitrogen and oxygen atoms in total. The van der Waals surface area contributed by atoms with Crippen molar-refractivity contribution in [2.75, 3.05) is 0 Å². The average Bonchev–Trinajstić information content (AvgIpc) is 3.37. The smallest absolute Gasteiger partial charge is 0.145 e. The van der Waals surface area contributed by atoms with Crippen molar-refractivity contribution in [1.82, 2.24) is 9.38 Å². The minimum Gasteiger partial charge on any atom is -0.292 e. The van der Waals surface area contributed by atoms with Crippen molar-refractivity contribution in [1.29, 1.82) is 0 Å². The number of nitrogens with zero attached hydrogens (tertiary/aromatic N) is 2. The first-order valence-electron chi connectivity index (χ1n) is 13.3. The van der Waals surface area contributed by atoms with Crippen LogP contribution in [0.4, 0.5) is 0 Å². The summed E-state index contributed by atoms with van der Waals surface area (Å²) in [6.45, 7) is 9.16. The lowest BCUT2D eigenvalue weighted by Gasteiger charge is -2.20. The predicted molar refractivity (Wildman–Crippen MR) is 159 cm³/mol. The van der Waals surface area contributed by atoms with Gasteiger partial charge in [-0.2, -0.15) is 0 Å². The summed E-state index contributed by atoms with van der Waals surface area (Å²) in [5.41, 5.74) is 7.49. The molecule has 0 saturated heterocycles. The topological polar surface area (TPSA) is 17.3 Å². The predicted octanol–water partition coefficient (Wildman–Crippen LogP) is 9.86. The van der Waals surface area contributed by atoms with Crippen molar-refractivity contribution in [2.45, 2.75) is 39.5 Å². The molecular weight excluding hydrogens is 448 g/mol. The highest BCUT2D eigenvalue weighted by atomic mass is 15.0. The van der Waals surface area contributed by atoms with Gasteiger partial charge in [0, 0.05) is 16.3 Å². The molecule has 0 amide bonds. The summed E-state index contributed by atoms with van der Waals surface area (Å²) in [5.74, 6) is 0.830. The van der Waals surface area contributed by atoms with E-state index in [9.17, 15) is 0 Å². The molecule has 2 heteroatoms. The van der Waals surface area contributed by atoms with E-state index in [4.69, 9.17) is 4.98 Å². The summed E-state index contributed by atoms with van der Waals surface area (Å²) in [4.78, 5) is 5.07. The molecule has 7 aromatic rings. The first-order chi connectivity index (χ1) is 18.0. The molecule has 0 bridgehead atoms. The first-order valence-corrected chi connectivity index (χ1v) is 13.3. The van der Waals surface area contributed by atoms with Gasteiger partial charge in [-0.1, -0.05) is 107 Å². The van der Waals surface area contributed by atoms with Gasteiger partial charge in [0.1, 0.15) is 5.65 Å². The van der Waals surface area contributed by atoms with Crippen molar-refractivity contribution in [3.05, 3.63) is 108 Å². The summed E-state index contributed by atoms with van der Waals surface area (Å²) < 4.78 is 2.42. The molecule has 2 heterocycles. The SMILES string of the molecule is CC(C)c1cccc(C(C)C)c1-c1cnc2c3ccccc3c3cc4c(ccc5ccccc54)cc3n12. The normalized spacial score (nSPS) is 12.3. The Morgan fingerprint density at radius 2 is 1.22 bits per heavy atom. The maximum Gasteiger partial charge on any atom is 0.145 e. The lowest BCUT2D eigenvalue weighted by molar-refractivity contribution is 0.836. The standard InChI is InChI=1S/C35H30N2/c1-21(2)25-14-9-15-26(22(3)4)34(25)33-20-36-35-29-13-8-7-12-28(29)31-19-30-24(18-32(31)37(33)35)17-16-23-10-5-6-11-27(23)30/h5-22H,1-4H3. The van der Waals surface area contributed by atoms with Gasteiger partial charge in [0.15, 0.2) is 0 Å². The molecule has 0 atom stereocenters. The number of hydrogen-bond donors (Lipinski definition) is 0. The van der Waals surface area contributed by atoms with Crippen LogP contribution in [0.1, 0.15) is 50.7 Å². The molecule has 0 fully saturated rings. The molecule has 37 heavy (non-hydrogen) atoms. The van der Waals surface area contributed by atoms with Gasteiger partial charge in [0.05, 0.1) is 17.4 Å². The van der Waals surface area contributed by atoms with Crippen LogP contribution in [0, 0.1) is 0 Å². The van der Waals surface area contributed by atoms with Crippen LogP contribution in [0.25, 0.3) is 60.1 Å². The van der Waals surface area contributed by atoms with Gasteiger partial charge in [-0.3, -0.25) is 4.40 Å². The minimum absolute atomic E-state index is 0.415. The second-order valence-electron chi connectivity index (χ2n) is 10.8. The molecule has 7 rings (SSSR count). The highest BCUT2D eigenvalue weighted by molar-refractivity contribution is 6.19. The number of aromatic nitrogens is 2. The molecule has 0 aliphatic carbocycles. The summed E-state index contributed by atoms with van der Waals surface area (Å²) in [5, 5.41) is 8.82. The molecular formula is C35H30N2. The lowest BCUT2D eigenvalue weighted by Crippen LogP contribution is -2.02. The van der Waals surface area contributed by atoms with Crippen LogP contribution in [-0.2, 0) is 0 Å². The fourth-order valence-electron chi connectivity index (χ4n) is 6.17. The molecule has 0 aliphatic heterocycles. The van der Waals surface area contributed by atoms with E-state index in [0.29, 0.717) is 11.8 Å². The van der Waals surface area contributed by atoms with Gasteiger partial charge in [-0.25, -0.2) is 4.98 Å². The van der Waals surface area contributed by atoms with Gasteiger partial charge in [-0.15, -0.1) is 0 Å². The molecule has 0 radical (unpaired) electrons. The number of imidazole rings is 1. The van der Waals surface area contributed by atoms with E-state index in [0.717, 1.165) is 5.65 Å². The number of pyridine rings is 1. The number of fused-ring (bicyclic) bond motifs is 9. The Kier molecular flexibility index (Phi) is 4.87. The van der Waals surface area contributed by atoms with E-state index in [-0.39, 0.29) is 0 Å². The fourth-order valence-corrected chi connectivity index (χ4v) is 6.17.